The third-order valence-electron chi connectivity index (χ3n) is 2.18. The van der Waals surface area contributed by atoms with Gasteiger partial charge in [0.25, 0.3) is 5.91 Å². The average molecular weight is 191 g/mol. The minimum atomic E-state index is -0.114. The van der Waals surface area contributed by atoms with Crippen molar-refractivity contribution in [3.05, 3.63) is 17.5 Å². The predicted octanol–water partition coefficient (Wildman–Crippen LogP) is 1.14. The Morgan fingerprint density at radius 1 is 1.43 bits per heavy atom. The van der Waals surface area contributed by atoms with Gasteiger partial charge in [0, 0.05) is 18.0 Å². The van der Waals surface area contributed by atoms with Crippen LogP contribution in [0, 0.1) is 0 Å². The molecule has 0 radical (unpaired) electrons. The molecule has 0 bridgehead atoms. The Balaban J connectivity index is 2.44. The lowest BCUT2D eigenvalue weighted by atomic mass is 10.1. The lowest BCUT2D eigenvalue weighted by Gasteiger charge is -2.18. The van der Waals surface area contributed by atoms with Gasteiger partial charge in [-0.2, -0.15) is 5.10 Å². The van der Waals surface area contributed by atoms with Gasteiger partial charge in [0.2, 0.25) is 0 Å². The predicted molar refractivity (Wildman–Crippen MR) is 53.5 cm³/mol. The van der Waals surface area contributed by atoms with E-state index in [1.807, 2.05) is 10.9 Å². The van der Waals surface area contributed by atoms with Crippen LogP contribution in [0.2, 0.25) is 0 Å². The Labute approximate surface area is 82.6 Å². The Hall–Kier alpha value is -1.45. The van der Waals surface area contributed by atoms with Crippen molar-refractivity contribution in [2.75, 3.05) is 0 Å². The molecule has 1 amide bonds. The number of amides is 1. The topological polar surface area (TPSA) is 47.2 Å². The molecule has 0 unspecified atom stereocenters. The standard InChI is InChI=1S/C10H13N3O/c1-10(2,3)13-6-7-5-11-9(14)4-8(7)12-13/h5-6H,4H2,1-3H3. The van der Waals surface area contributed by atoms with Crippen molar-refractivity contribution in [1.29, 1.82) is 0 Å². The first kappa shape index (κ1) is 9.12. The van der Waals surface area contributed by atoms with Crippen LogP contribution in [-0.4, -0.2) is 21.9 Å². The highest BCUT2D eigenvalue weighted by Gasteiger charge is 2.20. The van der Waals surface area contributed by atoms with Crippen molar-refractivity contribution in [3.8, 4) is 0 Å². The highest BCUT2D eigenvalue weighted by Crippen LogP contribution is 2.17. The van der Waals surface area contributed by atoms with Crippen molar-refractivity contribution < 1.29 is 4.79 Å². The second-order valence-corrected chi connectivity index (χ2v) is 4.48. The molecule has 0 aromatic carbocycles. The first-order valence-electron chi connectivity index (χ1n) is 4.63. The molecule has 0 N–H and O–H groups in total. The summed E-state index contributed by atoms with van der Waals surface area (Å²) in [6, 6.07) is 0. The summed E-state index contributed by atoms with van der Waals surface area (Å²) < 4.78 is 1.88. The maximum absolute atomic E-state index is 11.0. The quantitative estimate of drug-likeness (QED) is 0.617. The van der Waals surface area contributed by atoms with Gasteiger partial charge in [0.15, 0.2) is 0 Å². The number of carbonyl (C=O) groups is 1. The van der Waals surface area contributed by atoms with Gasteiger partial charge in [-0.05, 0) is 20.8 Å². The SMILES string of the molecule is CC(C)(C)n1cc2c(n1)CC(=O)N=C2. The van der Waals surface area contributed by atoms with Gasteiger partial charge in [-0.15, -0.1) is 0 Å². The summed E-state index contributed by atoms with van der Waals surface area (Å²) in [5, 5.41) is 4.38. The molecule has 4 heteroatoms. The van der Waals surface area contributed by atoms with E-state index < -0.39 is 0 Å². The molecular formula is C10H13N3O. The fraction of sp³-hybridized carbons (Fsp3) is 0.500. The number of aromatic nitrogens is 2. The number of hydrogen-bond acceptors (Lipinski definition) is 2. The van der Waals surface area contributed by atoms with E-state index in [-0.39, 0.29) is 11.4 Å². The molecule has 0 atom stereocenters. The largest absolute Gasteiger partial charge is 0.272 e. The van der Waals surface area contributed by atoms with Crippen LogP contribution in [0.5, 0.6) is 0 Å². The molecule has 14 heavy (non-hydrogen) atoms. The zero-order valence-electron chi connectivity index (χ0n) is 8.61. The summed E-state index contributed by atoms with van der Waals surface area (Å²) in [5.41, 5.74) is 1.74. The van der Waals surface area contributed by atoms with Crippen LogP contribution in [0.3, 0.4) is 0 Å². The molecule has 2 rings (SSSR count). The second kappa shape index (κ2) is 2.77. The van der Waals surface area contributed by atoms with Gasteiger partial charge in [-0.25, -0.2) is 4.99 Å². The molecule has 1 aliphatic rings. The van der Waals surface area contributed by atoms with Crippen molar-refractivity contribution in [2.45, 2.75) is 32.7 Å². The van der Waals surface area contributed by atoms with Gasteiger partial charge in [0.05, 0.1) is 17.7 Å². The fourth-order valence-electron chi connectivity index (χ4n) is 1.34. The first-order valence-corrected chi connectivity index (χ1v) is 4.63. The lowest BCUT2D eigenvalue weighted by Crippen LogP contribution is -2.22. The summed E-state index contributed by atoms with van der Waals surface area (Å²) in [7, 11) is 0. The van der Waals surface area contributed by atoms with Gasteiger partial charge in [-0.3, -0.25) is 9.48 Å². The summed E-state index contributed by atoms with van der Waals surface area (Å²) >= 11 is 0. The van der Waals surface area contributed by atoms with E-state index in [1.165, 1.54) is 0 Å². The van der Waals surface area contributed by atoms with Crippen LogP contribution in [0.1, 0.15) is 32.0 Å². The third-order valence-corrected chi connectivity index (χ3v) is 2.18. The van der Waals surface area contributed by atoms with E-state index in [0.717, 1.165) is 11.3 Å². The van der Waals surface area contributed by atoms with E-state index in [9.17, 15) is 4.79 Å². The van der Waals surface area contributed by atoms with Crippen LogP contribution in [-0.2, 0) is 16.8 Å². The summed E-state index contributed by atoms with van der Waals surface area (Å²) in [6.45, 7) is 6.22. The zero-order chi connectivity index (χ0) is 10.3. The highest BCUT2D eigenvalue weighted by atomic mass is 16.1. The molecule has 74 valence electrons. The van der Waals surface area contributed by atoms with Crippen LogP contribution in [0.4, 0.5) is 0 Å². The van der Waals surface area contributed by atoms with Gasteiger partial charge >= 0.3 is 0 Å². The zero-order valence-corrected chi connectivity index (χ0v) is 8.61. The van der Waals surface area contributed by atoms with Gasteiger partial charge in [-0.1, -0.05) is 0 Å². The molecule has 0 spiro atoms. The third kappa shape index (κ3) is 1.47. The normalized spacial score (nSPS) is 15.8. The number of rotatable bonds is 0. The van der Waals surface area contributed by atoms with E-state index in [0.29, 0.717) is 6.42 Å². The lowest BCUT2D eigenvalue weighted by molar-refractivity contribution is -0.117. The Morgan fingerprint density at radius 3 is 2.79 bits per heavy atom. The van der Waals surface area contributed by atoms with Crippen LogP contribution < -0.4 is 0 Å². The summed E-state index contributed by atoms with van der Waals surface area (Å²) in [4.78, 5) is 14.8. The summed E-state index contributed by atoms with van der Waals surface area (Å²) in [6.07, 6.45) is 3.86. The number of carbonyl (C=O) groups excluding carboxylic acids is 1. The van der Waals surface area contributed by atoms with E-state index >= 15 is 0 Å². The van der Waals surface area contributed by atoms with Gasteiger partial charge in [0.1, 0.15) is 0 Å². The van der Waals surface area contributed by atoms with Crippen molar-refractivity contribution in [3.63, 3.8) is 0 Å². The Bertz CT molecular complexity index is 409. The van der Waals surface area contributed by atoms with Crippen molar-refractivity contribution >= 4 is 12.1 Å². The Kier molecular flexibility index (Phi) is 1.80. The van der Waals surface area contributed by atoms with Crippen LogP contribution in [0.15, 0.2) is 11.2 Å². The number of hydrogen-bond donors (Lipinski definition) is 0. The van der Waals surface area contributed by atoms with Crippen molar-refractivity contribution in [1.82, 2.24) is 9.78 Å². The molecule has 2 heterocycles. The van der Waals surface area contributed by atoms with E-state index in [2.05, 4.69) is 30.9 Å². The van der Waals surface area contributed by atoms with Crippen LogP contribution in [0.25, 0.3) is 0 Å². The minimum absolute atomic E-state index is 0.0474. The maximum atomic E-state index is 11.0. The molecule has 1 aromatic rings. The van der Waals surface area contributed by atoms with Gasteiger partial charge < -0.3 is 0 Å². The summed E-state index contributed by atoms with van der Waals surface area (Å²) in [5.74, 6) is -0.114. The molecule has 0 fully saturated rings. The Morgan fingerprint density at radius 2 is 2.14 bits per heavy atom. The monoisotopic (exact) mass is 191 g/mol. The average Bonchev–Trinajstić information content (AvgIpc) is 2.45. The molecule has 1 aliphatic heterocycles. The molecule has 0 saturated heterocycles. The molecule has 4 nitrogen and oxygen atoms in total. The number of nitrogens with zero attached hydrogens (tertiary/aromatic N) is 3. The number of aliphatic imine (C=N–C) groups is 1. The van der Waals surface area contributed by atoms with E-state index in [1.54, 1.807) is 6.21 Å². The first-order chi connectivity index (χ1) is 6.47. The molecule has 0 aliphatic carbocycles. The minimum Gasteiger partial charge on any atom is -0.272 e. The second-order valence-electron chi connectivity index (χ2n) is 4.48. The number of fused-ring (bicyclic) bond motifs is 1. The van der Waals surface area contributed by atoms with E-state index in [4.69, 9.17) is 0 Å². The fourth-order valence-corrected chi connectivity index (χ4v) is 1.34. The molecule has 0 saturated carbocycles. The van der Waals surface area contributed by atoms with Crippen molar-refractivity contribution in [2.24, 2.45) is 4.99 Å². The molecule has 1 aromatic heterocycles. The smallest absolute Gasteiger partial charge is 0.251 e. The van der Waals surface area contributed by atoms with Crippen LogP contribution >= 0.6 is 0 Å². The maximum Gasteiger partial charge on any atom is 0.251 e. The molecular weight excluding hydrogens is 178 g/mol. The highest BCUT2D eigenvalue weighted by molar-refractivity contribution is 5.97.